The maximum Gasteiger partial charge on any atom is 0.215 e. The number of nitrogens with zero attached hydrogens (tertiary/aromatic N) is 3. The Labute approximate surface area is 196 Å². The van der Waals surface area contributed by atoms with Gasteiger partial charge in [0.05, 0.1) is 6.04 Å². The van der Waals surface area contributed by atoms with Crippen molar-refractivity contribution in [2.75, 3.05) is 49.5 Å². The number of fused-ring (bicyclic) bond motifs is 2. The van der Waals surface area contributed by atoms with E-state index in [9.17, 15) is 0 Å². The van der Waals surface area contributed by atoms with Crippen LogP contribution in [0.5, 0.6) is 0 Å². The monoisotopic (exact) mass is 525 g/mol. The highest BCUT2D eigenvalue weighted by Crippen LogP contribution is 2.25. The highest BCUT2D eigenvalue weighted by Gasteiger charge is 2.17. The molecule has 158 valence electrons. The lowest BCUT2D eigenvalue weighted by molar-refractivity contribution is -0.645. The highest BCUT2D eigenvalue weighted by atomic mass is 127. The van der Waals surface area contributed by atoms with Gasteiger partial charge in [-0.1, -0.05) is 0 Å². The van der Waals surface area contributed by atoms with E-state index in [1.54, 1.807) is 0 Å². The molecule has 0 aliphatic carbocycles. The molecule has 0 saturated carbocycles. The van der Waals surface area contributed by atoms with Crippen LogP contribution in [0.1, 0.15) is 13.3 Å². The average Bonchev–Trinajstić information content (AvgIpc) is 2.65. The van der Waals surface area contributed by atoms with Crippen LogP contribution in [0.3, 0.4) is 0 Å². The number of thioether (sulfide) groups is 1. The molecule has 1 heterocycles. The van der Waals surface area contributed by atoms with Crippen molar-refractivity contribution < 1.29 is 34.3 Å². The molecule has 1 aromatic heterocycles. The van der Waals surface area contributed by atoms with Crippen molar-refractivity contribution in [1.82, 2.24) is 0 Å². The summed E-state index contributed by atoms with van der Waals surface area (Å²) in [6.45, 7) is 3.21. The van der Waals surface area contributed by atoms with Crippen molar-refractivity contribution >= 4 is 44.9 Å². The van der Waals surface area contributed by atoms with E-state index < -0.39 is 0 Å². The second kappa shape index (κ2) is 10.7. The number of rotatable bonds is 8. The molecular weight excluding hydrogens is 491 g/mol. The minimum atomic E-state index is 0. The number of quaternary nitrogens is 1. The zero-order valence-electron chi connectivity index (χ0n) is 18.3. The van der Waals surface area contributed by atoms with E-state index in [4.69, 9.17) is 0 Å². The number of hydrogen-bond donors (Lipinski definition) is 1. The maximum absolute atomic E-state index is 4.09. The maximum atomic E-state index is 4.09. The lowest BCUT2D eigenvalue weighted by Crippen LogP contribution is -3.00. The smallest absolute Gasteiger partial charge is 0.215 e. The van der Waals surface area contributed by atoms with Gasteiger partial charge in [-0.05, 0) is 43.0 Å². The summed E-state index contributed by atoms with van der Waals surface area (Å²) in [5, 5.41) is 2.60. The van der Waals surface area contributed by atoms with Gasteiger partial charge in [-0.3, -0.25) is 0 Å². The third-order valence-electron chi connectivity index (χ3n) is 5.03. The molecule has 1 unspecified atom stereocenters. The Kier molecular flexibility index (Phi) is 8.85. The lowest BCUT2D eigenvalue weighted by Gasteiger charge is -2.15. The van der Waals surface area contributed by atoms with E-state index in [0.717, 1.165) is 18.7 Å². The second-order valence-electron chi connectivity index (χ2n) is 8.10. The Morgan fingerprint density at radius 1 is 0.897 bits per heavy atom. The van der Waals surface area contributed by atoms with E-state index >= 15 is 0 Å². The molecule has 0 spiro atoms. The van der Waals surface area contributed by atoms with Gasteiger partial charge in [0, 0.05) is 74.6 Å². The topological polar surface area (TPSA) is 38.0 Å². The Morgan fingerprint density at radius 3 is 1.86 bits per heavy atom. The van der Waals surface area contributed by atoms with Crippen LogP contribution >= 0.6 is 11.8 Å². The van der Waals surface area contributed by atoms with Crippen molar-refractivity contribution in [2.24, 2.45) is 0 Å². The SMILES string of the molecule is CC([NH3+])CSCCC[n+]1c2cc(N(C)C)ccc2cc2ccc(N(C)C)cc21.[I-]. The van der Waals surface area contributed by atoms with Crippen LogP contribution in [-0.2, 0) is 6.54 Å². The fraction of sp³-hybridized carbons (Fsp3) is 0.435. The zero-order valence-corrected chi connectivity index (χ0v) is 21.3. The molecule has 0 radical (unpaired) electrons. The minimum Gasteiger partial charge on any atom is -1.00 e. The molecule has 6 heteroatoms. The number of hydrogen-bond acceptors (Lipinski definition) is 3. The van der Waals surface area contributed by atoms with E-state index in [2.05, 4.69) is 97.7 Å². The first-order valence-corrected chi connectivity index (χ1v) is 11.2. The number of halogens is 1. The van der Waals surface area contributed by atoms with Crippen LogP contribution in [-0.4, -0.2) is 45.7 Å². The van der Waals surface area contributed by atoms with Gasteiger partial charge in [0.1, 0.15) is 6.54 Å². The molecule has 0 amide bonds. The number of anilines is 2. The molecule has 2 aromatic carbocycles. The summed E-state index contributed by atoms with van der Waals surface area (Å²) < 4.78 is 2.51. The number of aromatic nitrogens is 1. The van der Waals surface area contributed by atoms with E-state index in [1.807, 2.05) is 11.8 Å². The molecule has 0 aliphatic rings. The van der Waals surface area contributed by atoms with Crippen LogP contribution in [0, 0.1) is 0 Å². The molecule has 0 aliphatic heterocycles. The molecule has 1 atom stereocenters. The first-order valence-electron chi connectivity index (χ1n) is 10.0. The van der Waals surface area contributed by atoms with Crippen LogP contribution in [0.15, 0.2) is 42.5 Å². The minimum absolute atomic E-state index is 0. The molecule has 0 saturated heterocycles. The second-order valence-corrected chi connectivity index (χ2v) is 9.25. The predicted octanol–water partition coefficient (Wildman–Crippen LogP) is 0.170. The summed E-state index contributed by atoms with van der Waals surface area (Å²) >= 11 is 2.02. The molecular formula is C23H34IN4S+. The van der Waals surface area contributed by atoms with Gasteiger partial charge < -0.3 is 39.5 Å². The van der Waals surface area contributed by atoms with Crippen molar-refractivity contribution in [3.8, 4) is 0 Å². The van der Waals surface area contributed by atoms with Gasteiger partial charge in [-0.25, -0.2) is 0 Å². The molecule has 3 N–H and O–H groups in total. The third kappa shape index (κ3) is 5.89. The highest BCUT2D eigenvalue weighted by molar-refractivity contribution is 7.99. The van der Waals surface area contributed by atoms with Gasteiger partial charge in [0.2, 0.25) is 11.0 Å². The summed E-state index contributed by atoms with van der Waals surface area (Å²) in [5.41, 5.74) is 9.19. The fourth-order valence-corrected chi connectivity index (χ4v) is 4.38. The quantitative estimate of drug-likeness (QED) is 0.197. The number of pyridine rings is 1. The van der Waals surface area contributed by atoms with Crippen LogP contribution < -0.4 is 44.1 Å². The molecule has 3 aromatic rings. The van der Waals surface area contributed by atoms with Gasteiger partial charge in [-0.15, -0.1) is 0 Å². The predicted molar refractivity (Wildman–Crippen MR) is 125 cm³/mol. The lowest BCUT2D eigenvalue weighted by atomic mass is 10.1. The van der Waals surface area contributed by atoms with E-state index in [0.29, 0.717) is 6.04 Å². The van der Waals surface area contributed by atoms with Crippen LogP contribution in [0.25, 0.3) is 21.8 Å². The summed E-state index contributed by atoms with van der Waals surface area (Å²) in [5.74, 6) is 2.31. The third-order valence-corrected chi connectivity index (χ3v) is 6.41. The largest absolute Gasteiger partial charge is 1.00 e. The summed E-state index contributed by atoms with van der Waals surface area (Å²) in [7, 11) is 8.42. The van der Waals surface area contributed by atoms with Gasteiger partial charge in [0.25, 0.3) is 0 Å². The standard InChI is InChI=1S/C23H33N4S.HI/c1-17(24)16-28-12-6-11-27-22-14-20(25(2)3)9-7-18(22)13-19-8-10-21(26(4)5)15-23(19)27;/h7-10,13-15,17H,6,11-12,16,24H2,1-5H3;1H/q+1;. The van der Waals surface area contributed by atoms with Gasteiger partial charge >= 0.3 is 0 Å². The summed E-state index contributed by atoms with van der Waals surface area (Å²) in [6.07, 6.45) is 1.16. The first kappa shape index (κ1) is 24.0. The van der Waals surface area contributed by atoms with Crippen molar-refractivity contribution in [2.45, 2.75) is 25.9 Å². The Morgan fingerprint density at radius 2 is 1.41 bits per heavy atom. The fourth-order valence-electron chi connectivity index (χ4n) is 3.48. The van der Waals surface area contributed by atoms with Crippen molar-refractivity contribution in [3.05, 3.63) is 42.5 Å². The molecule has 0 bridgehead atoms. The van der Waals surface area contributed by atoms with Crippen molar-refractivity contribution in [1.29, 1.82) is 0 Å². The Balaban J connectivity index is 0.00000300. The summed E-state index contributed by atoms with van der Waals surface area (Å²) in [4.78, 5) is 4.35. The van der Waals surface area contributed by atoms with Crippen molar-refractivity contribution in [3.63, 3.8) is 0 Å². The average molecular weight is 526 g/mol. The van der Waals surface area contributed by atoms with Crippen LogP contribution in [0.4, 0.5) is 11.4 Å². The molecule has 0 fully saturated rings. The number of aryl methyl sites for hydroxylation is 1. The Hall–Kier alpha value is -1.25. The van der Waals surface area contributed by atoms with Crippen LogP contribution in [0.2, 0.25) is 0 Å². The Bertz CT molecular complexity index is 890. The molecule has 3 rings (SSSR count). The molecule has 4 nitrogen and oxygen atoms in total. The van der Waals surface area contributed by atoms with E-state index in [1.165, 1.54) is 38.9 Å². The van der Waals surface area contributed by atoms with E-state index in [-0.39, 0.29) is 24.0 Å². The molecule has 29 heavy (non-hydrogen) atoms. The van der Waals surface area contributed by atoms with Gasteiger partial charge in [0.15, 0.2) is 0 Å². The zero-order chi connectivity index (χ0) is 20.3. The first-order chi connectivity index (χ1) is 13.4. The summed E-state index contributed by atoms with van der Waals surface area (Å²) in [6, 6.07) is 16.4. The van der Waals surface area contributed by atoms with Gasteiger partial charge in [-0.2, -0.15) is 16.3 Å². The number of benzene rings is 2. The normalized spacial score (nSPS) is 12.1.